The van der Waals surface area contributed by atoms with Gasteiger partial charge in [0.15, 0.2) is 0 Å². The average Bonchev–Trinajstić information content (AvgIpc) is 3.20. The fourth-order valence-corrected chi connectivity index (χ4v) is 3.61. The van der Waals surface area contributed by atoms with Crippen molar-refractivity contribution in [3.63, 3.8) is 0 Å². The van der Waals surface area contributed by atoms with E-state index in [2.05, 4.69) is 26.0 Å². The van der Waals surface area contributed by atoms with Crippen LogP contribution in [0.15, 0.2) is 30.6 Å². The second-order valence-corrected chi connectivity index (χ2v) is 7.17. The van der Waals surface area contributed by atoms with E-state index >= 15 is 0 Å². The van der Waals surface area contributed by atoms with Crippen LogP contribution in [0.1, 0.15) is 36.4 Å². The van der Waals surface area contributed by atoms with E-state index in [0.29, 0.717) is 36.7 Å². The van der Waals surface area contributed by atoms with Gasteiger partial charge in [-0.1, -0.05) is 0 Å². The number of benzene rings is 1. The lowest BCUT2D eigenvalue weighted by atomic mass is 10.1. The number of nitrogen functional groups attached to an aromatic ring is 1. The number of carbonyl (C=O) groups is 1. The summed E-state index contributed by atoms with van der Waals surface area (Å²) in [7, 11) is 0. The Bertz CT molecular complexity index is 1130. The number of fused-ring (bicyclic) bond motifs is 3. The molecule has 148 valence electrons. The zero-order valence-corrected chi connectivity index (χ0v) is 16.2. The number of anilines is 1. The van der Waals surface area contributed by atoms with Crippen molar-refractivity contribution in [3.05, 3.63) is 53.1 Å². The Hall–Kier alpha value is -3.64. The molecule has 0 fully saturated rings. The number of nitrogens with two attached hydrogens (primary N) is 1. The van der Waals surface area contributed by atoms with Crippen LogP contribution in [-0.2, 0) is 24.4 Å². The molecule has 9 heteroatoms. The first-order valence-electron chi connectivity index (χ1n) is 9.28. The van der Waals surface area contributed by atoms with Crippen LogP contribution >= 0.6 is 0 Å². The summed E-state index contributed by atoms with van der Waals surface area (Å²) in [5.74, 6) is 0.380. The molecule has 1 aromatic carbocycles. The van der Waals surface area contributed by atoms with Gasteiger partial charge in [0, 0.05) is 35.5 Å². The van der Waals surface area contributed by atoms with Crippen molar-refractivity contribution < 1.29 is 9.53 Å². The predicted molar refractivity (Wildman–Crippen MR) is 106 cm³/mol. The summed E-state index contributed by atoms with van der Waals surface area (Å²) in [4.78, 5) is 20.5. The summed E-state index contributed by atoms with van der Waals surface area (Å²) in [6.07, 6.45) is 2.48. The van der Waals surface area contributed by atoms with Gasteiger partial charge in [-0.05, 0) is 37.6 Å². The summed E-state index contributed by atoms with van der Waals surface area (Å²) in [6, 6.07) is 7.79. The monoisotopic (exact) mass is 391 g/mol. The maximum absolute atomic E-state index is 12.0. The number of hydrazine groups is 1. The molecule has 1 aliphatic heterocycles. The highest BCUT2D eigenvalue weighted by Gasteiger charge is 2.29. The van der Waals surface area contributed by atoms with Gasteiger partial charge in [0.25, 0.3) is 0 Å². The first kappa shape index (κ1) is 18.7. The highest BCUT2D eigenvalue weighted by molar-refractivity contribution is 5.87. The lowest BCUT2D eigenvalue weighted by molar-refractivity contribution is 0.0812. The number of nitriles is 1. The molecule has 0 unspecified atom stereocenters. The number of nitrogens with zero attached hydrogens (tertiary/aromatic N) is 5. The topological polar surface area (TPSA) is 122 Å². The van der Waals surface area contributed by atoms with Gasteiger partial charge in [-0.15, -0.1) is 0 Å². The summed E-state index contributed by atoms with van der Waals surface area (Å²) < 4.78 is 7.29. The number of rotatable bonds is 4. The number of hydrogen-bond donors (Lipinski definition) is 2. The number of hydrogen-bond acceptors (Lipinski definition) is 7. The van der Waals surface area contributed by atoms with E-state index in [-0.39, 0.29) is 6.10 Å². The second kappa shape index (κ2) is 7.41. The molecule has 0 spiro atoms. The van der Waals surface area contributed by atoms with Gasteiger partial charge in [-0.25, -0.2) is 14.8 Å². The molecule has 1 aliphatic rings. The molecular weight excluding hydrogens is 370 g/mol. The number of carbonyl (C=O) groups excluding carboxylic acids is 1. The van der Waals surface area contributed by atoms with Gasteiger partial charge >= 0.3 is 6.09 Å². The Morgan fingerprint density at radius 3 is 2.86 bits per heavy atom. The first-order valence-corrected chi connectivity index (χ1v) is 9.28. The molecule has 0 saturated heterocycles. The molecule has 2 aromatic heterocycles. The van der Waals surface area contributed by atoms with Crippen molar-refractivity contribution in [1.82, 2.24) is 25.0 Å². The lowest BCUT2D eigenvalue weighted by Crippen LogP contribution is -2.40. The van der Waals surface area contributed by atoms with Crippen LogP contribution in [0.25, 0.3) is 10.9 Å². The molecule has 4 rings (SSSR count). The van der Waals surface area contributed by atoms with Gasteiger partial charge in [0.1, 0.15) is 11.5 Å². The standard InChI is InChI=1S/C20H21N7O2/c1-12(2)29-20(28)25-26-9-15-14-7-13(8-21)3-4-17(14)27(18(15)11-26)10-16-19(22)24-6-5-23-16/h3-7,12H,9-11H2,1-2H3,(H2,22,24)(H,25,28). The van der Waals surface area contributed by atoms with Crippen LogP contribution in [0.5, 0.6) is 0 Å². The van der Waals surface area contributed by atoms with Crippen molar-refractivity contribution in [2.24, 2.45) is 0 Å². The minimum Gasteiger partial charge on any atom is -0.446 e. The third-order valence-electron chi connectivity index (χ3n) is 4.81. The molecule has 0 aliphatic carbocycles. The van der Waals surface area contributed by atoms with Crippen molar-refractivity contribution in [1.29, 1.82) is 5.26 Å². The van der Waals surface area contributed by atoms with Gasteiger partial charge in [-0.2, -0.15) is 5.26 Å². The molecule has 0 atom stereocenters. The highest BCUT2D eigenvalue weighted by atomic mass is 16.6. The molecular formula is C20H21N7O2. The smallest absolute Gasteiger partial charge is 0.422 e. The van der Waals surface area contributed by atoms with E-state index in [4.69, 9.17) is 10.5 Å². The Kier molecular flexibility index (Phi) is 4.78. The van der Waals surface area contributed by atoms with Crippen LogP contribution < -0.4 is 11.2 Å². The maximum Gasteiger partial charge on any atom is 0.422 e. The van der Waals surface area contributed by atoms with Crippen LogP contribution in [0.3, 0.4) is 0 Å². The molecule has 3 N–H and O–H groups in total. The van der Waals surface area contributed by atoms with Gasteiger partial charge in [0.2, 0.25) is 0 Å². The SMILES string of the molecule is CC(C)OC(=O)NN1Cc2c(n(Cc3nccnc3N)c3ccc(C#N)cc23)C1. The van der Waals surface area contributed by atoms with E-state index in [9.17, 15) is 10.1 Å². The van der Waals surface area contributed by atoms with Gasteiger partial charge in [0.05, 0.1) is 30.8 Å². The lowest BCUT2D eigenvalue weighted by Gasteiger charge is -2.19. The minimum absolute atomic E-state index is 0.201. The zero-order valence-electron chi connectivity index (χ0n) is 16.2. The number of amides is 1. The van der Waals surface area contributed by atoms with Crippen molar-refractivity contribution in [3.8, 4) is 6.07 Å². The van der Waals surface area contributed by atoms with Crippen molar-refractivity contribution in [2.75, 3.05) is 5.73 Å². The zero-order chi connectivity index (χ0) is 20.5. The Morgan fingerprint density at radius 1 is 1.34 bits per heavy atom. The average molecular weight is 391 g/mol. The highest BCUT2D eigenvalue weighted by Crippen LogP contribution is 2.34. The normalized spacial score (nSPS) is 13.4. The third kappa shape index (κ3) is 3.58. The van der Waals surface area contributed by atoms with Crippen LogP contribution in [-0.4, -0.2) is 31.7 Å². The van der Waals surface area contributed by atoms with E-state index in [1.165, 1.54) is 0 Å². The van der Waals surface area contributed by atoms with Crippen molar-refractivity contribution in [2.45, 2.75) is 39.6 Å². The van der Waals surface area contributed by atoms with E-state index < -0.39 is 6.09 Å². The van der Waals surface area contributed by atoms with E-state index in [1.807, 2.05) is 12.1 Å². The molecule has 9 nitrogen and oxygen atoms in total. The summed E-state index contributed by atoms with van der Waals surface area (Å²) in [5.41, 5.74) is 13.1. The van der Waals surface area contributed by atoms with Crippen LogP contribution in [0.4, 0.5) is 10.6 Å². The van der Waals surface area contributed by atoms with Gasteiger partial charge in [-0.3, -0.25) is 10.4 Å². The molecule has 1 amide bonds. The summed E-state index contributed by atoms with van der Waals surface area (Å²) >= 11 is 0. The van der Waals surface area contributed by atoms with Crippen LogP contribution in [0, 0.1) is 11.3 Å². The molecule has 0 bridgehead atoms. The number of nitrogens with one attached hydrogen (secondary N) is 1. The van der Waals surface area contributed by atoms with Gasteiger partial charge < -0.3 is 15.0 Å². The molecule has 3 heterocycles. The fraction of sp³-hybridized carbons (Fsp3) is 0.300. The maximum atomic E-state index is 12.0. The van der Waals surface area contributed by atoms with Crippen LogP contribution in [0.2, 0.25) is 0 Å². The molecule has 0 radical (unpaired) electrons. The van der Waals surface area contributed by atoms with Crippen molar-refractivity contribution >= 4 is 22.8 Å². The quantitative estimate of drug-likeness (QED) is 0.699. The third-order valence-corrected chi connectivity index (χ3v) is 4.81. The Labute approximate surface area is 167 Å². The fourth-order valence-electron chi connectivity index (χ4n) is 3.61. The molecule has 0 saturated carbocycles. The molecule has 3 aromatic rings. The Morgan fingerprint density at radius 2 is 2.14 bits per heavy atom. The van der Waals surface area contributed by atoms with E-state index in [0.717, 1.165) is 22.2 Å². The van der Waals surface area contributed by atoms with E-state index in [1.54, 1.807) is 37.3 Å². The minimum atomic E-state index is -0.489. The first-order chi connectivity index (χ1) is 14.0. The number of ether oxygens (including phenoxy) is 1. The largest absolute Gasteiger partial charge is 0.446 e. The predicted octanol–water partition coefficient (Wildman–Crippen LogP) is 2.30. The summed E-state index contributed by atoms with van der Waals surface area (Å²) in [6.45, 7) is 5.06. The Balaban J connectivity index is 1.72. The summed E-state index contributed by atoms with van der Waals surface area (Å²) in [5, 5.41) is 12.1. The number of aromatic nitrogens is 3. The second-order valence-electron chi connectivity index (χ2n) is 7.17. The molecule has 29 heavy (non-hydrogen) atoms.